The van der Waals surface area contributed by atoms with Gasteiger partial charge in [0.15, 0.2) is 0 Å². The Bertz CT molecular complexity index is 40.7. The molecule has 0 aromatic heterocycles. The predicted octanol–water partition coefficient (Wildman–Crippen LogP) is -0.524. The fourth-order valence-electron chi connectivity index (χ4n) is 0.254. The summed E-state index contributed by atoms with van der Waals surface area (Å²) in [6.45, 7) is 0.650. The lowest BCUT2D eigenvalue weighted by Crippen LogP contribution is -2.21. The highest BCUT2D eigenvalue weighted by Crippen LogP contribution is 1.79. The third-order valence-corrected chi connectivity index (χ3v) is 0.655. The Hall–Kier alpha value is -0.0151. The first-order valence-corrected chi connectivity index (χ1v) is 2.27. The second kappa shape index (κ2) is 4.15. The number of methoxy groups -OCH3 is 1. The van der Waals surface area contributed by atoms with Crippen molar-refractivity contribution in [3.8, 4) is 0 Å². The minimum atomic E-state index is -0.222. The molecular weight excluding hydrogens is 88.9 g/mol. The van der Waals surface area contributed by atoms with E-state index in [1.807, 2.05) is 0 Å². The summed E-state index contributed by atoms with van der Waals surface area (Å²) < 4.78 is 4.69. The van der Waals surface area contributed by atoms with Crippen molar-refractivity contribution in [3.05, 3.63) is 0 Å². The van der Waals surface area contributed by atoms with E-state index in [4.69, 9.17) is 18.3 Å². The Morgan fingerprint density at radius 1 is 1.86 bits per heavy atom. The van der Waals surface area contributed by atoms with Crippen LogP contribution in [0.1, 0.15) is 6.42 Å². The fourth-order valence-corrected chi connectivity index (χ4v) is 0.254. The summed E-state index contributed by atoms with van der Waals surface area (Å²) >= 11 is 0. The van der Waals surface area contributed by atoms with Crippen LogP contribution >= 0.6 is 0 Å². The van der Waals surface area contributed by atoms with Crippen molar-refractivity contribution < 1.29 is 4.74 Å². The maximum Gasteiger partial charge on any atom is 0.0904 e. The minimum Gasteiger partial charge on any atom is -0.385 e. The fraction of sp³-hybridized carbons (Fsp3) is 1.00. The van der Waals surface area contributed by atoms with Gasteiger partial charge in [-0.25, -0.2) is 0 Å². The lowest BCUT2D eigenvalue weighted by Gasteiger charge is -2.00. The summed E-state index contributed by atoms with van der Waals surface area (Å²) in [5.41, 5.74) is 5.18. The van der Waals surface area contributed by atoms with Gasteiger partial charge in [0.1, 0.15) is 0 Å². The van der Waals surface area contributed by atoms with Crippen LogP contribution in [0.3, 0.4) is 0 Å². The van der Waals surface area contributed by atoms with Crippen LogP contribution in [0.25, 0.3) is 0 Å². The second-order valence-electron chi connectivity index (χ2n) is 1.45. The molecule has 7 heavy (non-hydrogen) atoms. The first kappa shape index (κ1) is 6.98. The standard InChI is InChI=1S/C4H10BNO/c1-7-3-2-4(5)6/h4H,2-3,6H2,1H3. The Labute approximate surface area is 45.4 Å². The average Bonchev–Trinajstić information content (AvgIpc) is 1.61. The van der Waals surface area contributed by atoms with Gasteiger partial charge in [-0.1, -0.05) is 0 Å². The van der Waals surface area contributed by atoms with Crippen molar-refractivity contribution >= 4 is 7.85 Å². The van der Waals surface area contributed by atoms with Gasteiger partial charge in [0, 0.05) is 13.7 Å². The first-order valence-electron chi connectivity index (χ1n) is 2.27. The van der Waals surface area contributed by atoms with E-state index in [-0.39, 0.29) is 5.94 Å². The van der Waals surface area contributed by atoms with E-state index < -0.39 is 0 Å². The lowest BCUT2D eigenvalue weighted by atomic mass is 9.95. The Balaban J connectivity index is 2.68. The Morgan fingerprint density at radius 3 is 2.57 bits per heavy atom. The molecule has 0 bridgehead atoms. The van der Waals surface area contributed by atoms with Crippen molar-refractivity contribution in [2.24, 2.45) is 5.73 Å². The van der Waals surface area contributed by atoms with E-state index in [9.17, 15) is 0 Å². The zero-order chi connectivity index (χ0) is 5.70. The maximum absolute atomic E-state index is 5.18. The van der Waals surface area contributed by atoms with Crippen molar-refractivity contribution in [2.75, 3.05) is 13.7 Å². The highest BCUT2D eigenvalue weighted by molar-refractivity contribution is 6.11. The minimum absolute atomic E-state index is 0.222. The van der Waals surface area contributed by atoms with Crippen LogP contribution in [-0.2, 0) is 4.74 Å². The molecule has 2 N–H and O–H groups in total. The molecule has 0 saturated heterocycles. The highest BCUT2D eigenvalue weighted by atomic mass is 16.5. The van der Waals surface area contributed by atoms with E-state index in [0.29, 0.717) is 6.61 Å². The number of hydrogen-bond donors (Lipinski definition) is 1. The van der Waals surface area contributed by atoms with Crippen LogP contribution in [0.4, 0.5) is 0 Å². The van der Waals surface area contributed by atoms with Gasteiger partial charge < -0.3 is 10.5 Å². The van der Waals surface area contributed by atoms with Crippen LogP contribution in [0.15, 0.2) is 0 Å². The summed E-state index contributed by atoms with van der Waals surface area (Å²) in [4.78, 5) is 0. The zero-order valence-electron chi connectivity index (χ0n) is 4.55. The van der Waals surface area contributed by atoms with Gasteiger partial charge in [0.05, 0.1) is 7.85 Å². The normalized spacial score (nSPS) is 14.0. The molecule has 0 heterocycles. The van der Waals surface area contributed by atoms with Crippen LogP contribution in [0.5, 0.6) is 0 Å². The third kappa shape index (κ3) is 5.98. The van der Waals surface area contributed by atoms with E-state index in [1.54, 1.807) is 7.11 Å². The highest BCUT2D eigenvalue weighted by Gasteiger charge is 1.88. The lowest BCUT2D eigenvalue weighted by molar-refractivity contribution is 0.194. The SMILES string of the molecule is [B]C(N)CCOC. The summed E-state index contributed by atoms with van der Waals surface area (Å²) in [6.07, 6.45) is 0.733. The number of ether oxygens (including phenoxy) is 1. The second-order valence-corrected chi connectivity index (χ2v) is 1.45. The van der Waals surface area contributed by atoms with Crippen molar-refractivity contribution in [3.63, 3.8) is 0 Å². The van der Waals surface area contributed by atoms with Gasteiger partial charge in [-0.15, -0.1) is 0 Å². The molecule has 40 valence electrons. The molecule has 0 aromatic carbocycles. The maximum atomic E-state index is 5.18. The summed E-state index contributed by atoms with van der Waals surface area (Å²) in [5, 5.41) is 0. The van der Waals surface area contributed by atoms with Gasteiger partial charge in [0.2, 0.25) is 0 Å². The van der Waals surface area contributed by atoms with Crippen molar-refractivity contribution in [1.82, 2.24) is 0 Å². The molecule has 2 nitrogen and oxygen atoms in total. The van der Waals surface area contributed by atoms with Crippen LogP contribution < -0.4 is 5.73 Å². The molecule has 0 aliphatic rings. The smallest absolute Gasteiger partial charge is 0.0904 e. The first-order chi connectivity index (χ1) is 3.27. The molecule has 0 saturated carbocycles. The van der Waals surface area contributed by atoms with Gasteiger partial charge in [-0.2, -0.15) is 0 Å². The number of nitrogens with two attached hydrogens (primary N) is 1. The van der Waals surface area contributed by atoms with Crippen LogP contribution in [-0.4, -0.2) is 27.5 Å². The van der Waals surface area contributed by atoms with Crippen molar-refractivity contribution in [2.45, 2.75) is 12.4 Å². The van der Waals surface area contributed by atoms with Gasteiger partial charge in [-0.3, -0.25) is 0 Å². The average molecular weight is 98.9 g/mol. The molecule has 0 aromatic rings. The molecule has 3 heteroatoms. The molecule has 0 amide bonds. The summed E-state index contributed by atoms with van der Waals surface area (Å²) in [7, 11) is 6.80. The zero-order valence-corrected chi connectivity index (χ0v) is 4.55. The van der Waals surface area contributed by atoms with E-state index in [2.05, 4.69) is 0 Å². The van der Waals surface area contributed by atoms with Crippen molar-refractivity contribution in [1.29, 1.82) is 0 Å². The Morgan fingerprint density at radius 2 is 2.43 bits per heavy atom. The van der Waals surface area contributed by atoms with Gasteiger partial charge in [0.25, 0.3) is 0 Å². The summed E-state index contributed by atoms with van der Waals surface area (Å²) in [5.74, 6) is -0.222. The molecule has 0 aliphatic heterocycles. The number of rotatable bonds is 3. The molecule has 1 atom stereocenters. The molecule has 1 unspecified atom stereocenters. The summed E-state index contributed by atoms with van der Waals surface area (Å²) in [6, 6.07) is 0. The largest absolute Gasteiger partial charge is 0.385 e. The number of hydrogen-bond acceptors (Lipinski definition) is 2. The van der Waals surface area contributed by atoms with Gasteiger partial charge in [-0.05, 0) is 12.4 Å². The molecule has 2 radical (unpaired) electrons. The molecule has 0 rings (SSSR count). The molecule has 0 aliphatic carbocycles. The topological polar surface area (TPSA) is 35.2 Å². The van der Waals surface area contributed by atoms with E-state index in [1.165, 1.54) is 0 Å². The monoisotopic (exact) mass is 99.1 g/mol. The quantitative estimate of drug-likeness (QED) is 0.483. The van der Waals surface area contributed by atoms with Gasteiger partial charge >= 0.3 is 0 Å². The predicted molar refractivity (Wildman–Crippen MR) is 30.2 cm³/mol. The van der Waals surface area contributed by atoms with Crippen LogP contribution in [0.2, 0.25) is 0 Å². The Kier molecular flexibility index (Phi) is 4.14. The third-order valence-electron chi connectivity index (χ3n) is 0.655. The van der Waals surface area contributed by atoms with E-state index >= 15 is 0 Å². The molecule has 0 spiro atoms. The molecule has 0 fully saturated rings. The molecular formula is C4H10BNO. The van der Waals surface area contributed by atoms with E-state index in [0.717, 1.165) is 6.42 Å². The van der Waals surface area contributed by atoms with Crippen LogP contribution in [0, 0.1) is 0 Å².